The second-order valence-corrected chi connectivity index (χ2v) is 9.68. The van der Waals surface area contributed by atoms with E-state index < -0.39 is 0 Å². The lowest BCUT2D eigenvalue weighted by Gasteiger charge is -2.39. The molecule has 0 bridgehead atoms. The van der Waals surface area contributed by atoms with Crippen LogP contribution in [-0.4, -0.2) is 62.9 Å². The van der Waals surface area contributed by atoms with Gasteiger partial charge in [0.1, 0.15) is 0 Å². The van der Waals surface area contributed by atoms with Crippen molar-refractivity contribution in [3.05, 3.63) is 11.6 Å². The molecule has 1 aromatic heterocycles. The molecule has 0 amide bonds. The Balaban J connectivity index is 1.41. The maximum atomic E-state index is 6.30. The van der Waals surface area contributed by atoms with Crippen molar-refractivity contribution in [1.82, 2.24) is 24.7 Å². The Morgan fingerprint density at radius 2 is 1.39 bits per heavy atom. The molecule has 1 aromatic rings. The molecule has 2 aliphatic rings. The summed E-state index contributed by atoms with van der Waals surface area (Å²) in [5, 5.41) is 8.76. The molecule has 0 unspecified atom stereocenters. The first-order valence-corrected chi connectivity index (χ1v) is 11.6. The fourth-order valence-corrected chi connectivity index (χ4v) is 5.47. The van der Waals surface area contributed by atoms with Gasteiger partial charge < -0.3 is 10.7 Å². The molecule has 0 aliphatic carbocycles. The second-order valence-electron chi connectivity index (χ2n) is 9.68. The van der Waals surface area contributed by atoms with Crippen LogP contribution in [0.2, 0.25) is 0 Å². The van der Waals surface area contributed by atoms with Crippen molar-refractivity contribution < 1.29 is 0 Å². The van der Waals surface area contributed by atoms with E-state index in [1.165, 1.54) is 38.8 Å². The fourth-order valence-electron chi connectivity index (χ4n) is 5.47. The first-order valence-electron chi connectivity index (χ1n) is 11.6. The van der Waals surface area contributed by atoms with Crippen molar-refractivity contribution in [2.24, 2.45) is 11.8 Å². The van der Waals surface area contributed by atoms with Gasteiger partial charge in [0.15, 0.2) is 11.6 Å². The minimum absolute atomic E-state index is 0.704. The van der Waals surface area contributed by atoms with Gasteiger partial charge in [-0.3, -0.25) is 4.90 Å². The predicted octanol–water partition coefficient (Wildman–Crippen LogP) is 3.10. The van der Waals surface area contributed by atoms with Gasteiger partial charge in [0.2, 0.25) is 0 Å². The van der Waals surface area contributed by atoms with Crippen molar-refractivity contribution >= 4 is 0 Å². The van der Waals surface area contributed by atoms with Crippen LogP contribution < -0.4 is 5.84 Å². The Kier molecular flexibility index (Phi) is 7.75. The van der Waals surface area contributed by atoms with Gasteiger partial charge in [0.05, 0.1) is 0 Å². The number of aryl methyl sites for hydroxylation is 2. The van der Waals surface area contributed by atoms with E-state index in [0.29, 0.717) is 12.1 Å². The Morgan fingerprint density at radius 1 is 0.857 bits per heavy atom. The van der Waals surface area contributed by atoms with Crippen LogP contribution in [0.4, 0.5) is 0 Å². The smallest absolute Gasteiger partial charge is 0.151 e. The van der Waals surface area contributed by atoms with E-state index in [1.54, 1.807) is 4.68 Å². The SMILES string of the molecule is C[C@H]1C[C@H](C)CN(CCCc2nnc(CCCN3[C@@H](C)CCC[C@@H]3C)n2N)C1. The molecule has 4 atom stereocenters. The standard InChI is InChI=1S/C22H42N6/c1-17-14-18(2)16-26(15-17)12-6-10-21-24-25-22(28(21)23)11-7-13-27-19(3)8-5-9-20(27)4/h17-20H,5-16,23H2,1-4H3/t17-,18-,19-,20-/m0/s1. The molecular weight excluding hydrogens is 348 g/mol. The molecule has 2 saturated heterocycles. The van der Waals surface area contributed by atoms with Crippen LogP contribution in [0.15, 0.2) is 0 Å². The maximum absolute atomic E-state index is 6.30. The Bertz CT molecular complexity index is 580. The van der Waals surface area contributed by atoms with Gasteiger partial charge in [0, 0.05) is 38.0 Å². The van der Waals surface area contributed by atoms with E-state index >= 15 is 0 Å². The molecule has 6 nitrogen and oxygen atoms in total. The molecule has 2 aliphatic heterocycles. The van der Waals surface area contributed by atoms with Crippen molar-refractivity contribution in [1.29, 1.82) is 0 Å². The first-order chi connectivity index (χ1) is 13.4. The highest BCUT2D eigenvalue weighted by molar-refractivity contribution is 4.97. The highest BCUT2D eigenvalue weighted by Gasteiger charge is 2.24. The molecule has 0 spiro atoms. The number of piperidine rings is 2. The highest BCUT2D eigenvalue weighted by Crippen LogP contribution is 2.23. The molecule has 0 radical (unpaired) electrons. The van der Waals surface area contributed by atoms with Crippen molar-refractivity contribution in [3.63, 3.8) is 0 Å². The summed E-state index contributed by atoms with van der Waals surface area (Å²) in [6.07, 6.45) is 9.45. The predicted molar refractivity (Wildman–Crippen MR) is 116 cm³/mol. The monoisotopic (exact) mass is 390 g/mol. The van der Waals surface area contributed by atoms with Gasteiger partial charge >= 0.3 is 0 Å². The largest absolute Gasteiger partial charge is 0.336 e. The summed E-state index contributed by atoms with van der Waals surface area (Å²) in [4.78, 5) is 5.26. The van der Waals surface area contributed by atoms with Crippen LogP contribution in [0.3, 0.4) is 0 Å². The summed E-state index contributed by atoms with van der Waals surface area (Å²) < 4.78 is 1.75. The maximum Gasteiger partial charge on any atom is 0.151 e. The first kappa shape index (κ1) is 21.6. The van der Waals surface area contributed by atoms with Crippen LogP contribution in [0.25, 0.3) is 0 Å². The zero-order valence-electron chi connectivity index (χ0n) is 18.6. The average Bonchev–Trinajstić information content (AvgIpc) is 2.97. The zero-order chi connectivity index (χ0) is 20.1. The van der Waals surface area contributed by atoms with Crippen molar-refractivity contribution in [2.45, 2.75) is 91.1 Å². The molecule has 2 fully saturated rings. The number of nitrogens with zero attached hydrogens (tertiary/aromatic N) is 5. The number of nitrogens with two attached hydrogens (primary N) is 1. The Labute approximate surface area is 171 Å². The minimum atomic E-state index is 0.704. The highest BCUT2D eigenvalue weighted by atomic mass is 15.4. The number of nitrogen functional groups attached to an aromatic ring is 1. The minimum Gasteiger partial charge on any atom is -0.336 e. The number of aromatic nitrogens is 3. The number of hydrogen-bond acceptors (Lipinski definition) is 5. The molecule has 2 N–H and O–H groups in total. The molecule has 28 heavy (non-hydrogen) atoms. The van der Waals surface area contributed by atoms with Crippen LogP contribution in [0, 0.1) is 11.8 Å². The molecule has 0 aromatic carbocycles. The molecule has 3 rings (SSSR count). The third kappa shape index (κ3) is 5.69. The third-order valence-corrected chi connectivity index (χ3v) is 6.85. The normalized spacial score (nSPS) is 30.0. The lowest BCUT2D eigenvalue weighted by Crippen LogP contribution is -2.44. The lowest BCUT2D eigenvalue weighted by atomic mass is 9.92. The van der Waals surface area contributed by atoms with E-state index in [0.717, 1.165) is 62.3 Å². The summed E-state index contributed by atoms with van der Waals surface area (Å²) in [6, 6.07) is 1.41. The van der Waals surface area contributed by atoms with Crippen molar-refractivity contribution in [2.75, 3.05) is 32.0 Å². The lowest BCUT2D eigenvalue weighted by molar-refractivity contribution is 0.102. The van der Waals surface area contributed by atoms with Crippen LogP contribution in [-0.2, 0) is 12.8 Å². The Morgan fingerprint density at radius 3 is 1.96 bits per heavy atom. The second kappa shape index (κ2) is 10.1. The van der Waals surface area contributed by atoms with Gasteiger partial charge in [-0.2, -0.15) is 0 Å². The van der Waals surface area contributed by atoms with E-state index in [9.17, 15) is 0 Å². The van der Waals surface area contributed by atoms with Gasteiger partial charge in [-0.05, 0) is 70.9 Å². The van der Waals surface area contributed by atoms with Crippen LogP contribution >= 0.6 is 0 Å². The summed E-state index contributed by atoms with van der Waals surface area (Å²) in [5.41, 5.74) is 0. The number of hydrogen-bond donors (Lipinski definition) is 1. The molecule has 160 valence electrons. The van der Waals surface area contributed by atoms with Crippen molar-refractivity contribution in [3.8, 4) is 0 Å². The van der Waals surface area contributed by atoms with Crippen LogP contribution in [0.1, 0.15) is 77.9 Å². The van der Waals surface area contributed by atoms with Gasteiger partial charge in [-0.15, -0.1) is 10.2 Å². The summed E-state index contributed by atoms with van der Waals surface area (Å²) in [7, 11) is 0. The molecular formula is C22H42N6. The summed E-state index contributed by atoms with van der Waals surface area (Å²) in [5.74, 6) is 9.82. The topological polar surface area (TPSA) is 63.2 Å². The molecule has 3 heterocycles. The zero-order valence-corrected chi connectivity index (χ0v) is 18.6. The van der Waals surface area contributed by atoms with Crippen LogP contribution in [0.5, 0.6) is 0 Å². The average molecular weight is 391 g/mol. The number of rotatable bonds is 8. The quantitative estimate of drug-likeness (QED) is 0.691. The van der Waals surface area contributed by atoms with E-state index in [1.807, 2.05) is 0 Å². The fraction of sp³-hybridized carbons (Fsp3) is 0.909. The molecule has 6 heteroatoms. The summed E-state index contributed by atoms with van der Waals surface area (Å²) in [6.45, 7) is 14.2. The van der Waals surface area contributed by atoms with E-state index in [2.05, 4.69) is 47.7 Å². The van der Waals surface area contributed by atoms with Gasteiger partial charge in [-0.25, -0.2) is 4.68 Å². The van der Waals surface area contributed by atoms with Gasteiger partial charge in [0.25, 0.3) is 0 Å². The van der Waals surface area contributed by atoms with E-state index in [-0.39, 0.29) is 0 Å². The molecule has 0 saturated carbocycles. The Hall–Kier alpha value is -1.14. The third-order valence-electron chi connectivity index (χ3n) is 6.85. The summed E-state index contributed by atoms with van der Waals surface area (Å²) >= 11 is 0. The number of likely N-dealkylation sites (tertiary alicyclic amines) is 2. The van der Waals surface area contributed by atoms with Gasteiger partial charge in [-0.1, -0.05) is 20.3 Å². The van der Waals surface area contributed by atoms with E-state index in [4.69, 9.17) is 5.84 Å².